The number of amides is 1. The minimum absolute atomic E-state index is 0.0701. The zero-order chi connectivity index (χ0) is 19.6. The zero-order valence-corrected chi connectivity index (χ0v) is 13.9. The number of pyridine rings is 1. The molecule has 0 spiro atoms. The predicted octanol–water partition coefficient (Wildman–Crippen LogP) is 4.15. The Bertz CT molecular complexity index is 895. The highest BCUT2D eigenvalue weighted by Gasteiger charge is 2.36. The lowest BCUT2D eigenvalue weighted by Crippen LogP contribution is -2.33. The van der Waals surface area contributed by atoms with Crippen LogP contribution in [-0.2, 0) is 11.0 Å². The van der Waals surface area contributed by atoms with Crippen LogP contribution in [0.15, 0.2) is 48.2 Å². The number of hydrogen-bond acceptors (Lipinski definition) is 3. The van der Waals surface area contributed by atoms with E-state index in [2.05, 4.69) is 10.3 Å². The summed E-state index contributed by atoms with van der Waals surface area (Å²) in [4.78, 5) is 17.5. The molecule has 1 aliphatic rings. The van der Waals surface area contributed by atoms with Crippen molar-refractivity contribution in [3.8, 4) is 0 Å². The van der Waals surface area contributed by atoms with E-state index in [1.54, 1.807) is 0 Å². The van der Waals surface area contributed by atoms with E-state index < -0.39 is 29.3 Å². The first kappa shape index (κ1) is 18.8. The van der Waals surface area contributed by atoms with Gasteiger partial charge in [-0.2, -0.15) is 13.2 Å². The third kappa shape index (κ3) is 4.24. The van der Waals surface area contributed by atoms with Crippen LogP contribution in [-0.4, -0.2) is 24.0 Å². The van der Waals surface area contributed by atoms with Crippen molar-refractivity contribution in [3.05, 3.63) is 65.4 Å². The molecule has 0 saturated carbocycles. The number of hydrogen-bond donors (Lipinski definition) is 1. The second kappa shape index (κ2) is 7.34. The number of rotatable bonds is 3. The molecule has 4 nitrogen and oxygen atoms in total. The van der Waals surface area contributed by atoms with Gasteiger partial charge in [-0.3, -0.25) is 4.79 Å². The minimum Gasteiger partial charge on any atom is -0.352 e. The monoisotopic (exact) mass is 383 g/mol. The van der Waals surface area contributed by atoms with Crippen LogP contribution in [0.5, 0.6) is 0 Å². The van der Waals surface area contributed by atoms with Crippen LogP contribution >= 0.6 is 0 Å². The van der Waals surface area contributed by atoms with E-state index in [4.69, 9.17) is 0 Å². The molecule has 2 aromatic rings. The molecular weight excluding hydrogens is 369 g/mol. The molecule has 1 aromatic heterocycles. The van der Waals surface area contributed by atoms with Gasteiger partial charge in [-0.15, -0.1) is 0 Å². The SMILES string of the molecule is O=C(Nc1ccc(F)c(F)c1)C1=CCN(c2ncccc2C(F)(F)F)CC1. The Balaban J connectivity index is 1.72. The molecule has 0 saturated heterocycles. The maximum Gasteiger partial charge on any atom is 0.419 e. The average Bonchev–Trinajstić information content (AvgIpc) is 2.64. The zero-order valence-electron chi connectivity index (χ0n) is 13.9. The van der Waals surface area contributed by atoms with Crippen LogP contribution in [0.3, 0.4) is 0 Å². The van der Waals surface area contributed by atoms with Gasteiger partial charge in [0.25, 0.3) is 5.91 Å². The van der Waals surface area contributed by atoms with E-state index in [0.717, 1.165) is 18.2 Å². The number of aromatic nitrogens is 1. The van der Waals surface area contributed by atoms with Crippen molar-refractivity contribution in [2.75, 3.05) is 23.3 Å². The number of benzene rings is 1. The minimum atomic E-state index is -4.53. The van der Waals surface area contributed by atoms with Gasteiger partial charge >= 0.3 is 6.18 Å². The Kier molecular flexibility index (Phi) is 5.11. The van der Waals surface area contributed by atoms with Gasteiger partial charge in [0.15, 0.2) is 11.6 Å². The lowest BCUT2D eigenvalue weighted by atomic mass is 10.1. The van der Waals surface area contributed by atoms with Gasteiger partial charge < -0.3 is 10.2 Å². The van der Waals surface area contributed by atoms with E-state index in [-0.39, 0.29) is 31.0 Å². The van der Waals surface area contributed by atoms with Crippen LogP contribution in [0.2, 0.25) is 0 Å². The van der Waals surface area contributed by atoms with Crippen molar-refractivity contribution in [1.29, 1.82) is 0 Å². The Hall–Kier alpha value is -2.97. The molecule has 1 aromatic carbocycles. The summed E-state index contributed by atoms with van der Waals surface area (Å²) in [6.07, 6.45) is -1.58. The lowest BCUT2D eigenvalue weighted by Gasteiger charge is -2.29. The Labute approximate surface area is 151 Å². The van der Waals surface area contributed by atoms with E-state index in [9.17, 15) is 26.7 Å². The van der Waals surface area contributed by atoms with Gasteiger partial charge in [-0.05, 0) is 30.7 Å². The van der Waals surface area contributed by atoms with E-state index in [1.165, 1.54) is 29.3 Å². The molecule has 9 heteroatoms. The predicted molar refractivity (Wildman–Crippen MR) is 89.1 cm³/mol. The van der Waals surface area contributed by atoms with Crippen molar-refractivity contribution in [2.24, 2.45) is 0 Å². The van der Waals surface area contributed by atoms with Gasteiger partial charge in [0.1, 0.15) is 5.82 Å². The van der Waals surface area contributed by atoms with Gasteiger partial charge in [0.05, 0.1) is 5.56 Å². The average molecular weight is 383 g/mol. The standard InChI is InChI=1S/C18H14F5N3O/c19-14-4-3-12(10-15(14)20)25-17(27)11-5-8-26(9-6-11)16-13(18(21,22)23)2-1-7-24-16/h1-5,7,10H,6,8-9H2,(H,25,27). The fourth-order valence-corrected chi connectivity index (χ4v) is 2.72. The van der Waals surface area contributed by atoms with E-state index >= 15 is 0 Å². The molecule has 0 aliphatic carbocycles. The Morgan fingerprint density at radius 2 is 1.93 bits per heavy atom. The van der Waals surface area contributed by atoms with Crippen molar-refractivity contribution in [2.45, 2.75) is 12.6 Å². The molecular formula is C18H14F5N3O. The smallest absolute Gasteiger partial charge is 0.352 e. The van der Waals surface area contributed by atoms with Gasteiger partial charge in [-0.25, -0.2) is 13.8 Å². The highest BCUT2D eigenvalue weighted by molar-refractivity contribution is 6.04. The third-order valence-electron chi connectivity index (χ3n) is 4.07. The summed E-state index contributed by atoms with van der Waals surface area (Å²) in [5.41, 5.74) is -0.403. The van der Waals surface area contributed by atoms with Crippen molar-refractivity contribution in [3.63, 3.8) is 0 Å². The lowest BCUT2D eigenvalue weighted by molar-refractivity contribution is -0.137. The van der Waals surface area contributed by atoms with Gasteiger partial charge in [0.2, 0.25) is 0 Å². The fraction of sp³-hybridized carbons (Fsp3) is 0.222. The molecule has 0 fully saturated rings. The molecule has 1 amide bonds. The Morgan fingerprint density at radius 3 is 2.56 bits per heavy atom. The highest BCUT2D eigenvalue weighted by atomic mass is 19.4. The molecule has 0 radical (unpaired) electrons. The first-order chi connectivity index (χ1) is 12.8. The molecule has 142 valence electrons. The Morgan fingerprint density at radius 1 is 1.15 bits per heavy atom. The largest absolute Gasteiger partial charge is 0.419 e. The topological polar surface area (TPSA) is 45.2 Å². The first-order valence-corrected chi connectivity index (χ1v) is 7.98. The number of carbonyl (C=O) groups excluding carboxylic acids is 1. The second-order valence-corrected chi connectivity index (χ2v) is 5.88. The molecule has 1 aliphatic heterocycles. The second-order valence-electron chi connectivity index (χ2n) is 5.88. The van der Waals surface area contributed by atoms with Crippen LogP contribution < -0.4 is 10.2 Å². The summed E-state index contributed by atoms with van der Waals surface area (Å²) in [6, 6.07) is 5.13. The van der Waals surface area contributed by atoms with Crippen LogP contribution in [0.4, 0.5) is 33.5 Å². The van der Waals surface area contributed by atoms with E-state index in [1.807, 2.05) is 0 Å². The molecule has 0 unspecified atom stereocenters. The quantitative estimate of drug-likeness (QED) is 0.810. The molecule has 1 N–H and O–H groups in total. The van der Waals surface area contributed by atoms with Crippen LogP contribution in [0, 0.1) is 11.6 Å². The van der Waals surface area contributed by atoms with Crippen molar-refractivity contribution in [1.82, 2.24) is 4.98 Å². The molecule has 3 rings (SSSR count). The van der Waals surface area contributed by atoms with Crippen molar-refractivity contribution < 1.29 is 26.7 Å². The first-order valence-electron chi connectivity index (χ1n) is 7.98. The van der Waals surface area contributed by atoms with Crippen molar-refractivity contribution >= 4 is 17.4 Å². The summed E-state index contributed by atoms with van der Waals surface area (Å²) < 4.78 is 65.4. The summed E-state index contributed by atoms with van der Waals surface area (Å²) in [6.45, 7) is 0.234. The highest BCUT2D eigenvalue weighted by Crippen LogP contribution is 2.35. The number of nitrogens with one attached hydrogen (secondary N) is 1. The van der Waals surface area contributed by atoms with Gasteiger partial charge in [0, 0.05) is 36.6 Å². The number of nitrogens with zero attached hydrogens (tertiary/aromatic N) is 2. The number of anilines is 2. The summed E-state index contributed by atoms with van der Waals surface area (Å²) in [5, 5.41) is 2.44. The summed E-state index contributed by atoms with van der Waals surface area (Å²) in [5.74, 6) is -2.83. The maximum absolute atomic E-state index is 13.2. The summed E-state index contributed by atoms with van der Waals surface area (Å²) >= 11 is 0. The molecule has 2 heterocycles. The summed E-state index contributed by atoms with van der Waals surface area (Å²) in [7, 11) is 0. The molecule has 27 heavy (non-hydrogen) atoms. The van der Waals surface area contributed by atoms with Gasteiger partial charge in [-0.1, -0.05) is 6.08 Å². The normalized spacial score (nSPS) is 14.7. The van der Waals surface area contributed by atoms with Crippen LogP contribution in [0.25, 0.3) is 0 Å². The molecule has 0 bridgehead atoms. The van der Waals surface area contributed by atoms with Crippen LogP contribution in [0.1, 0.15) is 12.0 Å². The number of halogens is 5. The fourth-order valence-electron chi connectivity index (χ4n) is 2.72. The maximum atomic E-state index is 13.2. The number of alkyl halides is 3. The number of carbonyl (C=O) groups is 1. The van der Waals surface area contributed by atoms with E-state index in [0.29, 0.717) is 5.57 Å². The molecule has 0 atom stereocenters. The third-order valence-corrected chi connectivity index (χ3v) is 4.07.